The lowest BCUT2D eigenvalue weighted by Crippen LogP contribution is -2.13. The van der Waals surface area contributed by atoms with Gasteiger partial charge >= 0.3 is 5.97 Å². The molecule has 0 amide bonds. The van der Waals surface area contributed by atoms with E-state index in [1.54, 1.807) is 38.1 Å². The van der Waals surface area contributed by atoms with Crippen LogP contribution in [0, 0.1) is 25.2 Å². The van der Waals surface area contributed by atoms with Crippen molar-refractivity contribution >= 4 is 11.8 Å². The summed E-state index contributed by atoms with van der Waals surface area (Å²) in [5, 5.41) is 8.88. The maximum atomic E-state index is 12.5. The van der Waals surface area contributed by atoms with Crippen LogP contribution < -0.4 is 4.74 Å². The van der Waals surface area contributed by atoms with Gasteiger partial charge in [0.15, 0.2) is 6.61 Å². The summed E-state index contributed by atoms with van der Waals surface area (Å²) in [7, 11) is 1.31. The fourth-order valence-electron chi connectivity index (χ4n) is 3.14. The highest BCUT2D eigenvalue weighted by Crippen LogP contribution is 2.23. The maximum Gasteiger partial charge on any atom is 0.339 e. The number of methoxy groups -OCH3 is 1. The highest BCUT2D eigenvalue weighted by molar-refractivity contribution is 6.02. The van der Waals surface area contributed by atoms with Crippen LogP contribution in [-0.2, 0) is 4.74 Å². The molecule has 2 aromatic carbocycles. The Bertz CT molecular complexity index is 1090. The number of hydrogen-bond donors (Lipinski definition) is 1. The average Bonchev–Trinajstić information content (AvgIpc) is 3.06. The van der Waals surface area contributed by atoms with Gasteiger partial charge in [-0.15, -0.1) is 0 Å². The van der Waals surface area contributed by atoms with Crippen LogP contribution >= 0.6 is 0 Å². The summed E-state index contributed by atoms with van der Waals surface area (Å²) in [5.74, 6) is -0.170. The van der Waals surface area contributed by atoms with Crippen LogP contribution in [0.3, 0.4) is 0 Å². The molecule has 1 N–H and O–H groups in total. The number of carbonyl (C=O) groups excluding carboxylic acids is 2. The topological polar surface area (TPSA) is 92.2 Å². The predicted octanol–water partition coefficient (Wildman–Crippen LogP) is 4.22. The zero-order valence-corrected chi connectivity index (χ0v) is 16.4. The first-order valence-corrected chi connectivity index (χ1v) is 8.98. The quantitative estimate of drug-likeness (QED) is 0.504. The van der Waals surface area contributed by atoms with E-state index in [2.05, 4.69) is 11.1 Å². The van der Waals surface area contributed by atoms with Crippen molar-refractivity contribution in [1.29, 1.82) is 5.26 Å². The van der Waals surface area contributed by atoms with Crippen molar-refractivity contribution in [3.8, 4) is 22.9 Å². The lowest BCUT2D eigenvalue weighted by Gasteiger charge is -2.07. The second-order valence-electron chi connectivity index (χ2n) is 6.54. The molecule has 1 aromatic heterocycles. The van der Waals surface area contributed by atoms with Gasteiger partial charge in [-0.25, -0.2) is 4.79 Å². The molecule has 3 rings (SSSR count). The second kappa shape index (κ2) is 8.44. The lowest BCUT2D eigenvalue weighted by molar-refractivity contribution is 0.0599. The SMILES string of the molecule is COC(=O)c1c(C)[nH]c(C(=O)COc2ccc(-c3ccc(C#N)cc3)cc2)c1C. The first-order valence-electron chi connectivity index (χ1n) is 8.98. The summed E-state index contributed by atoms with van der Waals surface area (Å²) in [6.07, 6.45) is 0. The second-order valence-corrected chi connectivity index (χ2v) is 6.54. The molecule has 0 radical (unpaired) electrons. The third-order valence-corrected chi connectivity index (χ3v) is 4.68. The van der Waals surface area contributed by atoms with E-state index in [-0.39, 0.29) is 12.4 Å². The first kappa shape index (κ1) is 19.9. The van der Waals surface area contributed by atoms with Gasteiger partial charge in [-0.1, -0.05) is 24.3 Å². The van der Waals surface area contributed by atoms with Gasteiger partial charge in [0, 0.05) is 5.69 Å². The van der Waals surface area contributed by atoms with E-state index < -0.39 is 5.97 Å². The molecule has 0 fully saturated rings. The molecule has 0 aliphatic carbocycles. The van der Waals surface area contributed by atoms with Gasteiger partial charge in [0.25, 0.3) is 0 Å². The number of H-pyrrole nitrogens is 1. The average molecular weight is 388 g/mol. The highest BCUT2D eigenvalue weighted by atomic mass is 16.5. The van der Waals surface area contributed by atoms with Crippen molar-refractivity contribution in [2.24, 2.45) is 0 Å². The number of rotatable bonds is 6. The molecule has 0 spiro atoms. The molecule has 29 heavy (non-hydrogen) atoms. The number of aromatic amines is 1. The molecule has 1 heterocycles. The van der Waals surface area contributed by atoms with Gasteiger partial charge in [0.05, 0.1) is 30.0 Å². The largest absolute Gasteiger partial charge is 0.485 e. The van der Waals surface area contributed by atoms with Gasteiger partial charge < -0.3 is 14.5 Å². The van der Waals surface area contributed by atoms with Crippen LogP contribution in [0.5, 0.6) is 5.75 Å². The minimum absolute atomic E-state index is 0.155. The van der Waals surface area contributed by atoms with Crippen molar-refractivity contribution in [3.63, 3.8) is 0 Å². The summed E-state index contributed by atoms with van der Waals surface area (Å²) in [6.45, 7) is 3.27. The Labute approximate surface area is 168 Å². The molecule has 0 aliphatic heterocycles. The minimum Gasteiger partial charge on any atom is -0.485 e. The van der Waals surface area contributed by atoms with E-state index in [1.807, 2.05) is 24.3 Å². The molecule has 0 saturated carbocycles. The van der Waals surface area contributed by atoms with Crippen molar-refractivity contribution in [3.05, 3.63) is 76.6 Å². The Morgan fingerprint density at radius 1 is 1.00 bits per heavy atom. The van der Waals surface area contributed by atoms with E-state index in [0.717, 1.165) is 11.1 Å². The Balaban J connectivity index is 1.68. The number of carbonyl (C=O) groups is 2. The summed E-state index contributed by atoms with van der Waals surface area (Å²) in [4.78, 5) is 27.3. The predicted molar refractivity (Wildman–Crippen MR) is 108 cm³/mol. The Morgan fingerprint density at radius 3 is 2.14 bits per heavy atom. The molecule has 6 nitrogen and oxygen atoms in total. The molecule has 3 aromatic rings. The third kappa shape index (κ3) is 4.19. The number of esters is 1. The number of aryl methyl sites for hydroxylation is 1. The van der Waals surface area contributed by atoms with Crippen molar-refractivity contribution in [1.82, 2.24) is 4.98 Å². The number of benzene rings is 2. The number of ether oxygens (including phenoxy) is 2. The molecule has 0 saturated heterocycles. The van der Waals surface area contributed by atoms with E-state index >= 15 is 0 Å². The number of aromatic nitrogens is 1. The molecular formula is C23H20N2O4. The molecule has 6 heteroatoms. The smallest absolute Gasteiger partial charge is 0.339 e. The van der Waals surface area contributed by atoms with Crippen molar-refractivity contribution in [2.45, 2.75) is 13.8 Å². The normalized spacial score (nSPS) is 10.3. The molecule has 0 bridgehead atoms. The zero-order chi connectivity index (χ0) is 21.0. The van der Waals surface area contributed by atoms with Crippen LogP contribution in [0.4, 0.5) is 0 Å². The summed E-state index contributed by atoms with van der Waals surface area (Å²) in [5.41, 5.74) is 4.44. The van der Waals surface area contributed by atoms with Crippen molar-refractivity contribution < 1.29 is 19.1 Å². The highest BCUT2D eigenvalue weighted by Gasteiger charge is 2.22. The standard InChI is InChI=1S/C23H20N2O4/c1-14-21(23(27)28-3)15(2)25-22(14)20(26)13-29-19-10-8-18(9-11-19)17-6-4-16(12-24)5-7-17/h4-11,25H,13H2,1-3H3. The van der Waals surface area contributed by atoms with Gasteiger partial charge in [-0.05, 0) is 54.8 Å². The van der Waals surface area contributed by atoms with Gasteiger partial charge in [-0.2, -0.15) is 5.26 Å². The monoisotopic (exact) mass is 388 g/mol. The summed E-state index contributed by atoms with van der Waals surface area (Å²) in [6, 6.07) is 16.7. The summed E-state index contributed by atoms with van der Waals surface area (Å²) >= 11 is 0. The van der Waals surface area contributed by atoms with Crippen LogP contribution in [-0.4, -0.2) is 30.5 Å². The first-order chi connectivity index (χ1) is 13.9. The van der Waals surface area contributed by atoms with E-state index in [4.69, 9.17) is 14.7 Å². The number of Topliss-reactive ketones (excluding diaryl/α,β-unsaturated/α-hetero) is 1. The number of nitrogens with one attached hydrogen (secondary N) is 1. The molecule has 0 unspecified atom stereocenters. The fraction of sp³-hybridized carbons (Fsp3) is 0.174. The van der Waals surface area contributed by atoms with Crippen LogP contribution in [0.25, 0.3) is 11.1 Å². The molecule has 0 atom stereocenters. The summed E-state index contributed by atoms with van der Waals surface area (Å²) < 4.78 is 10.4. The van der Waals surface area contributed by atoms with E-state index in [1.165, 1.54) is 7.11 Å². The Kier molecular flexibility index (Phi) is 5.79. The minimum atomic E-state index is -0.477. The van der Waals surface area contributed by atoms with E-state index in [9.17, 15) is 9.59 Å². The number of ketones is 1. The lowest BCUT2D eigenvalue weighted by atomic mass is 10.0. The maximum absolute atomic E-state index is 12.5. The van der Waals surface area contributed by atoms with Crippen LogP contribution in [0.1, 0.15) is 37.7 Å². The van der Waals surface area contributed by atoms with E-state index in [0.29, 0.717) is 33.8 Å². The van der Waals surface area contributed by atoms with Crippen molar-refractivity contribution in [2.75, 3.05) is 13.7 Å². The zero-order valence-electron chi connectivity index (χ0n) is 16.4. The number of nitriles is 1. The molecule has 146 valence electrons. The van der Waals surface area contributed by atoms with Gasteiger partial charge in [0.1, 0.15) is 5.75 Å². The Morgan fingerprint density at radius 2 is 1.59 bits per heavy atom. The van der Waals surface area contributed by atoms with Gasteiger partial charge in [-0.3, -0.25) is 4.79 Å². The number of hydrogen-bond acceptors (Lipinski definition) is 5. The van der Waals surface area contributed by atoms with Crippen LogP contribution in [0.15, 0.2) is 48.5 Å². The molecular weight excluding hydrogens is 368 g/mol. The molecule has 0 aliphatic rings. The Hall–Kier alpha value is -3.85. The third-order valence-electron chi connectivity index (χ3n) is 4.68. The van der Waals surface area contributed by atoms with Crippen LogP contribution in [0.2, 0.25) is 0 Å². The number of nitrogens with zero attached hydrogens (tertiary/aromatic N) is 1. The fourth-order valence-corrected chi connectivity index (χ4v) is 3.14. The van der Waals surface area contributed by atoms with Gasteiger partial charge in [0.2, 0.25) is 5.78 Å².